The summed E-state index contributed by atoms with van der Waals surface area (Å²) in [5.41, 5.74) is 0.582. The highest BCUT2D eigenvalue weighted by Crippen LogP contribution is 2.25. The van der Waals surface area contributed by atoms with Gasteiger partial charge in [-0.15, -0.1) is 5.10 Å². The van der Waals surface area contributed by atoms with Crippen molar-refractivity contribution in [2.24, 2.45) is 7.05 Å². The molecule has 0 spiro atoms. The molecule has 3 aromatic heterocycles. The van der Waals surface area contributed by atoms with E-state index >= 15 is 0 Å². The van der Waals surface area contributed by atoms with Crippen molar-refractivity contribution in [1.82, 2.24) is 28.5 Å². The number of rotatable bonds is 4. The Morgan fingerprint density at radius 1 is 1.18 bits per heavy atom. The smallest absolute Gasteiger partial charge is 0.324 e. The molecule has 0 aliphatic carbocycles. The van der Waals surface area contributed by atoms with E-state index in [1.165, 1.54) is 16.7 Å². The van der Waals surface area contributed by atoms with Crippen molar-refractivity contribution in [3.63, 3.8) is 0 Å². The molecule has 11 nitrogen and oxygen atoms in total. The van der Waals surface area contributed by atoms with Crippen LogP contribution in [0.3, 0.4) is 0 Å². The van der Waals surface area contributed by atoms with Crippen LogP contribution in [0.25, 0.3) is 16.7 Å². The Bertz CT molecular complexity index is 1520. The molecule has 1 aromatic carbocycles. The van der Waals surface area contributed by atoms with E-state index in [1.807, 2.05) is 18.2 Å². The maximum Gasteiger partial charge on any atom is 0.324 e. The number of thiophene rings is 1. The van der Waals surface area contributed by atoms with Crippen LogP contribution in [0, 0.1) is 14.9 Å². The summed E-state index contributed by atoms with van der Waals surface area (Å²) in [5.74, 6) is 0.273. The van der Waals surface area contributed by atoms with Gasteiger partial charge < -0.3 is 4.90 Å². The lowest BCUT2D eigenvalue weighted by Gasteiger charge is -2.34. The zero-order valence-electron chi connectivity index (χ0n) is 17.6. The fourth-order valence-electron chi connectivity index (χ4n) is 4.02. The molecule has 0 atom stereocenters. The van der Waals surface area contributed by atoms with Crippen LogP contribution in [0.15, 0.2) is 41.2 Å². The summed E-state index contributed by atoms with van der Waals surface area (Å²) in [6.45, 7) is 2.62. The summed E-state index contributed by atoms with van der Waals surface area (Å²) in [4.78, 5) is 40.0. The van der Waals surface area contributed by atoms with Gasteiger partial charge in [0, 0.05) is 39.3 Å². The molecule has 1 amide bonds. The SMILES string of the molecule is Cn1c(=O)c2ccccc2n2c(=S)n(CN3CCN(C(=O)c4ccc([N+](=O)[O-])s4)CC3)nc12. The van der Waals surface area contributed by atoms with Gasteiger partial charge in [0.05, 0.1) is 27.4 Å². The maximum atomic E-state index is 12.7. The van der Waals surface area contributed by atoms with Crippen molar-refractivity contribution in [1.29, 1.82) is 0 Å². The second-order valence-corrected chi connectivity index (χ2v) is 9.17. The normalized spacial score (nSPS) is 14.9. The first-order chi connectivity index (χ1) is 15.8. The molecule has 170 valence electrons. The lowest BCUT2D eigenvalue weighted by molar-refractivity contribution is -0.380. The third-order valence-electron chi connectivity index (χ3n) is 5.78. The number of hydrogen-bond acceptors (Lipinski definition) is 8. The number of nitro groups is 1. The average Bonchev–Trinajstić information content (AvgIpc) is 3.44. The molecule has 0 saturated carbocycles. The number of piperazine rings is 1. The molecule has 1 aliphatic rings. The van der Waals surface area contributed by atoms with E-state index in [4.69, 9.17) is 12.2 Å². The number of carbonyl (C=O) groups excluding carboxylic acids is 1. The molecule has 5 rings (SSSR count). The fourth-order valence-corrected chi connectivity index (χ4v) is 5.08. The van der Waals surface area contributed by atoms with Crippen molar-refractivity contribution < 1.29 is 9.72 Å². The number of aromatic nitrogens is 4. The van der Waals surface area contributed by atoms with Gasteiger partial charge in [0.1, 0.15) is 0 Å². The van der Waals surface area contributed by atoms with E-state index in [9.17, 15) is 19.7 Å². The van der Waals surface area contributed by atoms with E-state index in [-0.39, 0.29) is 16.5 Å². The summed E-state index contributed by atoms with van der Waals surface area (Å²) < 4.78 is 5.47. The summed E-state index contributed by atoms with van der Waals surface area (Å²) in [6, 6.07) is 10.2. The van der Waals surface area contributed by atoms with E-state index < -0.39 is 4.92 Å². The van der Waals surface area contributed by atoms with Crippen molar-refractivity contribution in [2.75, 3.05) is 26.2 Å². The van der Waals surface area contributed by atoms with Gasteiger partial charge in [0.25, 0.3) is 11.5 Å². The van der Waals surface area contributed by atoms with Crippen molar-refractivity contribution in [3.05, 3.63) is 66.5 Å². The highest BCUT2D eigenvalue weighted by Gasteiger charge is 2.25. The fraction of sp³-hybridized carbons (Fsp3) is 0.300. The molecule has 4 aromatic rings. The predicted octanol–water partition coefficient (Wildman–Crippen LogP) is 2.10. The molecule has 13 heteroatoms. The first kappa shape index (κ1) is 21.4. The molecule has 1 saturated heterocycles. The number of amides is 1. The molecule has 4 heterocycles. The Labute approximate surface area is 195 Å². The number of benzene rings is 1. The van der Waals surface area contributed by atoms with Crippen LogP contribution in [0.5, 0.6) is 0 Å². The highest BCUT2D eigenvalue weighted by atomic mass is 32.1. The van der Waals surface area contributed by atoms with Gasteiger partial charge in [-0.3, -0.25) is 33.6 Å². The van der Waals surface area contributed by atoms with Crippen LogP contribution >= 0.6 is 23.6 Å². The average molecular weight is 486 g/mol. The van der Waals surface area contributed by atoms with E-state index in [0.29, 0.717) is 59.2 Å². The van der Waals surface area contributed by atoms with E-state index in [1.54, 1.807) is 27.1 Å². The summed E-state index contributed by atoms with van der Waals surface area (Å²) in [5, 5.41) is 16.0. The molecule has 0 N–H and O–H groups in total. The Balaban J connectivity index is 1.35. The minimum atomic E-state index is -0.489. The molecule has 1 fully saturated rings. The highest BCUT2D eigenvalue weighted by molar-refractivity contribution is 7.71. The lowest BCUT2D eigenvalue weighted by Crippen LogP contribution is -2.48. The van der Waals surface area contributed by atoms with Crippen molar-refractivity contribution in [3.8, 4) is 0 Å². The number of carbonyl (C=O) groups is 1. The van der Waals surface area contributed by atoms with Gasteiger partial charge in [0.2, 0.25) is 10.5 Å². The predicted molar refractivity (Wildman–Crippen MR) is 125 cm³/mol. The van der Waals surface area contributed by atoms with Crippen LogP contribution in [0.2, 0.25) is 0 Å². The second-order valence-electron chi connectivity index (χ2n) is 7.75. The quantitative estimate of drug-likeness (QED) is 0.247. The van der Waals surface area contributed by atoms with Crippen LogP contribution in [0.4, 0.5) is 5.00 Å². The van der Waals surface area contributed by atoms with Gasteiger partial charge >= 0.3 is 5.00 Å². The molecule has 0 radical (unpaired) electrons. The summed E-state index contributed by atoms with van der Waals surface area (Å²) >= 11 is 6.57. The van der Waals surface area contributed by atoms with Gasteiger partial charge in [-0.05, 0) is 30.4 Å². The molecular formula is C20H19N7O4S2. The zero-order valence-corrected chi connectivity index (χ0v) is 19.2. The van der Waals surface area contributed by atoms with Crippen molar-refractivity contribution in [2.45, 2.75) is 6.67 Å². The zero-order chi connectivity index (χ0) is 23.3. The van der Waals surface area contributed by atoms with Crippen LogP contribution in [-0.2, 0) is 13.7 Å². The van der Waals surface area contributed by atoms with Crippen LogP contribution < -0.4 is 5.56 Å². The van der Waals surface area contributed by atoms with Crippen LogP contribution in [0.1, 0.15) is 9.67 Å². The Morgan fingerprint density at radius 2 is 1.91 bits per heavy atom. The first-order valence-corrected chi connectivity index (χ1v) is 11.4. The van der Waals surface area contributed by atoms with Gasteiger partial charge in [0.15, 0.2) is 0 Å². The Kier molecular flexibility index (Phi) is 5.31. The molecular weight excluding hydrogens is 466 g/mol. The van der Waals surface area contributed by atoms with Gasteiger partial charge in [-0.25, -0.2) is 4.68 Å². The third kappa shape index (κ3) is 3.63. The molecule has 1 aliphatic heterocycles. The molecule has 0 unspecified atom stereocenters. The number of aryl methyl sites for hydroxylation is 1. The number of nitrogens with zero attached hydrogens (tertiary/aromatic N) is 7. The number of fused-ring (bicyclic) bond motifs is 3. The second kappa shape index (κ2) is 8.17. The van der Waals surface area contributed by atoms with Crippen molar-refractivity contribution >= 4 is 51.1 Å². The molecule has 33 heavy (non-hydrogen) atoms. The Morgan fingerprint density at radius 3 is 2.61 bits per heavy atom. The number of hydrogen-bond donors (Lipinski definition) is 0. The van der Waals surface area contributed by atoms with E-state index in [0.717, 1.165) is 11.3 Å². The van der Waals surface area contributed by atoms with Crippen LogP contribution in [-0.4, -0.2) is 65.6 Å². The molecule has 0 bridgehead atoms. The number of para-hydroxylation sites is 1. The monoisotopic (exact) mass is 485 g/mol. The minimum Gasteiger partial charge on any atom is -0.335 e. The van der Waals surface area contributed by atoms with Gasteiger partial charge in [-0.2, -0.15) is 0 Å². The topological polar surface area (TPSA) is 111 Å². The standard InChI is InChI=1S/C20H19N7O4S2/c1-22-17(28)13-4-2-3-5-14(13)26-19(22)21-25(20(26)32)12-23-8-10-24(11-9-23)18(29)15-6-7-16(33-15)27(30)31/h2-7H,8-12H2,1H3. The maximum absolute atomic E-state index is 12.7. The lowest BCUT2D eigenvalue weighted by atomic mass is 10.2. The third-order valence-corrected chi connectivity index (χ3v) is 7.20. The largest absolute Gasteiger partial charge is 0.335 e. The first-order valence-electron chi connectivity index (χ1n) is 10.2. The summed E-state index contributed by atoms with van der Waals surface area (Å²) in [7, 11) is 1.68. The summed E-state index contributed by atoms with van der Waals surface area (Å²) in [6.07, 6.45) is 0. The minimum absolute atomic E-state index is 0.0415. The van der Waals surface area contributed by atoms with E-state index in [2.05, 4.69) is 10.00 Å². The Hall–Kier alpha value is -3.42. The van der Waals surface area contributed by atoms with Gasteiger partial charge in [-0.1, -0.05) is 23.5 Å².